The molecule has 1 nitrogen and oxygen atoms in total. The Morgan fingerprint density at radius 1 is 1.18 bits per heavy atom. The Morgan fingerprint density at radius 2 is 1.82 bits per heavy atom. The van der Waals surface area contributed by atoms with Gasteiger partial charge in [-0.2, -0.15) is 0 Å². The van der Waals surface area contributed by atoms with E-state index < -0.39 is 0 Å². The van der Waals surface area contributed by atoms with Gasteiger partial charge in [-0.3, -0.25) is 0 Å². The summed E-state index contributed by atoms with van der Waals surface area (Å²) in [5.74, 6) is 0. The molecule has 0 unspecified atom stereocenters. The van der Waals surface area contributed by atoms with Crippen LogP contribution in [0.4, 0.5) is 0 Å². The van der Waals surface area contributed by atoms with Crippen LogP contribution in [0, 0.1) is 0 Å². The van der Waals surface area contributed by atoms with Gasteiger partial charge >= 0.3 is 0 Å². The second-order valence-corrected chi connectivity index (χ2v) is 5.20. The Morgan fingerprint density at radius 3 is 2.36 bits per heavy atom. The fourth-order valence-corrected chi connectivity index (χ4v) is 2.36. The molecule has 0 spiro atoms. The van der Waals surface area contributed by atoms with Crippen molar-refractivity contribution in [2.45, 2.75) is 31.7 Å². The lowest BCUT2D eigenvalue weighted by atomic mass is 10.1. The molecule has 0 bridgehead atoms. The highest BCUT2D eigenvalue weighted by atomic mass is 28.1. The summed E-state index contributed by atoms with van der Waals surface area (Å²) in [5.41, 5.74) is 0. The number of quaternary nitrogens is 1. The molecule has 0 saturated carbocycles. The maximum absolute atomic E-state index is 2.44. The molecule has 66 valence electrons. The Bertz CT molecular complexity index is 108. The summed E-state index contributed by atoms with van der Waals surface area (Å²) in [4.78, 5) is 0. The first-order valence-corrected chi connectivity index (χ1v) is 6.52. The summed E-state index contributed by atoms with van der Waals surface area (Å²) in [6, 6.07) is 1.49. The van der Waals surface area contributed by atoms with Crippen LogP contribution in [0.25, 0.3) is 0 Å². The Labute approximate surface area is 73.8 Å². The summed E-state index contributed by atoms with van der Waals surface area (Å²) in [7, 11) is 3.84. The van der Waals surface area contributed by atoms with Crippen LogP contribution in [0.3, 0.4) is 0 Å². The molecular weight excluding hydrogens is 150 g/mol. The number of likely N-dealkylation sites (tertiary alicyclic amines) is 1. The van der Waals surface area contributed by atoms with Gasteiger partial charge < -0.3 is 4.48 Å². The number of hydrogen-bond donors (Lipinski definition) is 0. The largest absolute Gasteiger partial charge is 0.326 e. The van der Waals surface area contributed by atoms with Crippen LogP contribution in [-0.2, 0) is 0 Å². The average molecular weight is 172 g/mol. The molecule has 1 heterocycles. The zero-order valence-electron chi connectivity index (χ0n) is 8.10. The number of hydrogen-bond acceptors (Lipinski definition) is 0. The summed E-state index contributed by atoms with van der Waals surface area (Å²) < 4.78 is 1.38. The van der Waals surface area contributed by atoms with Crippen LogP contribution in [-0.4, -0.2) is 41.4 Å². The third-order valence-corrected chi connectivity index (χ3v) is 3.65. The van der Waals surface area contributed by atoms with Gasteiger partial charge in [-0.25, -0.2) is 0 Å². The highest BCUT2D eigenvalue weighted by Crippen LogP contribution is 2.16. The minimum absolute atomic E-state index is 1.38. The smallest absolute Gasteiger partial charge is 0.0784 e. The first-order chi connectivity index (χ1) is 5.27. The average Bonchev–Trinajstić information content (AvgIpc) is 2.03. The summed E-state index contributed by atoms with van der Waals surface area (Å²) in [6.45, 7) is 4.34. The molecule has 0 aromatic heterocycles. The van der Waals surface area contributed by atoms with Crippen molar-refractivity contribution in [1.29, 1.82) is 0 Å². The van der Waals surface area contributed by atoms with Crippen LogP contribution in [0.15, 0.2) is 0 Å². The van der Waals surface area contributed by atoms with Crippen molar-refractivity contribution in [2.75, 3.05) is 26.7 Å². The predicted octanol–water partition coefficient (Wildman–Crippen LogP) is 0.791. The molecule has 0 aromatic rings. The third kappa shape index (κ3) is 2.95. The number of rotatable bonds is 3. The molecule has 1 saturated heterocycles. The summed E-state index contributed by atoms with van der Waals surface area (Å²) in [6.07, 6.45) is 5.90. The lowest BCUT2D eigenvalue weighted by Crippen LogP contribution is -2.48. The first kappa shape index (κ1) is 9.27. The van der Waals surface area contributed by atoms with E-state index in [0.29, 0.717) is 0 Å². The Hall–Kier alpha value is 0.177. The van der Waals surface area contributed by atoms with E-state index in [1.54, 1.807) is 0 Å². The van der Waals surface area contributed by atoms with Crippen molar-refractivity contribution in [1.82, 2.24) is 0 Å². The summed E-state index contributed by atoms with van der Waals surface area (Å²) in [5, 5.41) is 0. The molecule has 1 fully saturated rings. The maximum atomic E-state index is 2.44. The van der Waals surface area contributed by atoms with E-state index in [4.69, 9.17) is 0 Å². The van der Waals surface area contributed by atoms with Gasteiger partial charge in [0.25, 0.3) is 0 Å². The normalized spacial score (nSPS) is 23.7. The molecule has 11 heavy (non-hydrogen) atoms. The molecule has 0 aliphatic carbocycles. The molecule has 0 aromatic carbocycles. The molecule has 1 rings (SSSR count). The van der Waals surface area contributed by atoms with E-state index in [1.165, 1.54) is 66.1 Å². The summed E-state index contributed by atoms with van der Waals surface area (Å²) >= 11 is 0. The van der Waals surface area contributed by atoms with Gasteiger partial charge in [0, 0.05) is 10.2 Å². The van der Waals surface area contributed by atoms with Crippen molar-refractivity contribution in [3.8, 4) is 0 Å². The minimum atomic E-state index is 1.38. The van der Waals surface area contributed by atoms with Gasteiger partial charge in [0.15, 0.2) is 0 Å². The fourth-order valence-electron chi connectivity index (χ4n) is 2.04. The van der Waals surface area contributed by atoms with E-state index in [0.717, 1.165) is 0 Å². The molecular formula is C9H22NSi+. The molecule has 0 atom stereocenters. The van der Waals surface area contributed by atoms with E-state index in [1.807, 2.05) is 0 Å². The number of nitrogens with zero attached hydrogens (tertiary/aromatic N) is 1. The van der Waals surface area contributed by atoms with E-state index in [-0.39, 0.29) is 0 Å². The molecule has 0 radical (unpaired) electrons. The van der Waals surface area contributed by atoms with Crippen molar-refractivity contribution in [3.63, 3.8) is 0 Å². The third-order valence-electron chi connectivity index (χ3n) is 2.95. The maximum Gasteiger partial charge on any atom is 0.0784 e. The van der Waals surface area contributed by atoms with Gasteiger partial charge in [0.05, 0.1) is 26.7 Å². The standard InChI is InChI=1S/C9H22NSi/c1-10(8-5-9-11)6-3-2-4-7-10/h2-9H2,1,11H3/q+1. The Kier molecular flexibility index (Phi) is 3.59. The van der Waals surface area contributed by atoms with E-state index in [2.05, 4.69) is 7.05 Å². The second kappa shape index (κ2) is 4.26. The van der Waals surface area contributed by atoms with Gasteiger partial charge in [-0.05, 0) is 25.7 Å². The second-order valence-electron chi connectivity index (χ2n) is 4.20. The van der Waals surface area contributed by atoms with Gasteiger partial charge in [0.2, 0.25) is 0 Å². The lowest BCUT2D eigenvalue weighted by Gasteiger charge is -2.37. The van der Waals surface area contributed by atoms with Crippen LogP contribution in [0.5, 0.6) is 0 Å². The number of piperidine rings is 1. The topological polar surface area (TPSA) is 0 Å². The van der Waals surface area contributed by atoms with Gasteiger partial charge in [-0.1, -0.05) is 6.04 Å². The highest BCUT2D eigenvalue weighted by molar-refractivity contribution is 6.08. The van der Waals surface area contributed by atoms with Crippen LogP contribution in [0.1, 0.15) is 25.7 Å². The van der Waals surface area contributed by atoms with Crippen LogP contribution in [0.2, 0.25) is 6.04 Å². The van der Waals surface area contributed by atoms with Crippen molar-refractivity contribution in [2.24, 2.45) is 0 Å². The molecule has 0 amide bonds. The predicted molar refractivity (Wildman–Crippen MR) is 54.0 cm³/mol. The SMILES string of the molecule is C[N+]1(CCC[SiH3])CCCCC1. The van der Waals surface area contributed by atoms with E-state index in [9.17, 15) is 0 Å². The molecule has 1 aliphatic heterocycles. The van der Waals surface area contributed by atoms with Crippen LogP contribution < -0.4 is 0 Å². The van der Waals surface area contributed by atoms with E-state index >= 15 is 0 Å². The van der Waals surface area contributed by atoms with Crippen molar-refractivity contribution >= 4 is 10.2 Å². The highest BCUT2D eigenvalue weighted by Gasteiger charge is 2.23. The van der Waals surface area contributed by atoms with Gasteiger partial charge in [-0.15, -0.1) is 0 Å². The zero-order valence-corrected chi connectivity index (χ0v) is 10.1. The Balaban J connectivity index is 2.25. The monoisotopic (exact) mass is 172 g/mol. The van der Waals surface area contributed by atoms with Crippen LogP contribution >= 0.6 is 0 Å². The molecule has 0 N–H and O–H groups in total. The lowest BCUT2D eigenvalue weighted by molar-refractivity contribution is -0.914. The molecule has 2 heteroatoms. The van der Waals surface area contributed by atoms with Crippen molar-refractivity contribution in [3.05, 3.63) is 0 Å². The zero-order chi connectivity index (χ0) is 8.16. The fraction of sp³-hybridized carbons (Fsp3) is 1.00. The first-order valence-electron chi connectivity index (χ1n) is 5.10. The minimum Gasteiger partial charge on any atom is -0.326 e. The van der Waals surface area contributed by atoms with Gasteiger partial charge in [0.1, 0.15) is 0 Å². The van der Waals surface area contributed by atoms with Crippen molar-refractivity contribution < 1.29 is 4.48 Å². The molecule has 1 aliphatic rings. The quantitative estimate of drug-likeness (QED) is 0.436.